The lowest BCUT2D eigenvalue weighted by molar-refractivity contribution is -0.136. The summed E-state index contributed by atoms with van der Waals surface area (Å²) in [5.74, 6) is -0.955. The number of hydrogen-bond acceptors (Lipinski definition) is 3. The third-order valence-corrected chi connectivity index (χ3v) is 4.23. The van der Waals surface area contributed by atoms with E-state index in [0.29, 0.717) is 23.3 Å². The predicted octanol–water partition coefficient (Wildman–Crippen LogP) is 4.27. The number of carboxylic acids is 1. The van der Waals surface area contributed by atoms with Crippen molar-refractivity contribution in [3.8, 4) is 11.5 Å². The van der Waals surface area contributed by atoms with E-state index in [-0.39, 0.29) is 31.0 Å². The van der Waals surface area contributed by atoms with Crippen LogP contribution in [0.2, 0.25) is 0 Å². The monoisotopic (exact) mass is 362 g/mol. The van der Waals surface area contributed by atoms with Crippen LogP contribution in [0.3, 0.4) is 0 Å². The number of halogens is 2. The number of hydrogen-bond donors (Lipinski definition) is 1. The second-order valence-corrected chi connectivity index (χ2v) is 7.03. The Labute approximate surface area is 150 Å². The van der Waals surface area contributed by atoms with E-state index < -0.39 is 17.4 Å². The minimum Gasteiger partial charge on any atom is -0.489 e. The minimum absolute atomic E-state index is 0.0457. The van der Waals surface area contributed by atoms with E-state index >= 15 is 0 Å². The maximum atomic E-state index is 14.1. The molecule has 0 fully saturated rings. The third kappa shape index (κ3) is 4.12. The van der Waals surface area contributed by atoms with Crippen molar-refractivity contribution in [1.29, 1.82) is 0 Å². The molecule has 1 aliphatic rings. The van der Waals surface area contributed by atoms with Gasteiger partial charge in [0.25, 0.3) is 0 Å². The quantitative estimate of drug-likeness (QED) is 0.834. The zero-order valence-corrected chi connectivity index (χ0v) is 14.6. The van der Waals surface area contributed by atoms with Crippen LogP contribution >= 0.6 is 0 Å². The molecule has 0 bridgehead atoms. The fraction of sp³-hybridized carbons (Fsp3) is 0.350. The Morgan fingerprint density at radius 3 is 2.69 bits per heavy atom. The number of ether oxygens (including phenoxy) is 2. The SMILES string of the molecule is CC1(C)Cc2cc(F)cc(COc3ccc(CCC(=O)O)c(F)c3)c2O1. The molecule has 0 aliphatic carbocycles. The minimum atomic E-state index is -0.979. The number of carbonyl (C=O) groups is 1. The van der Waals surface area contributed by atoms with Crippen molar-refractivity contribution in [3.63, 3.8) is 0 Å². The highest BCUT2D eigenvalue weighted by molar-refractivity contribution is 5.67. The van der Waals surface area contributed by atoms with Crippen LogP contribution in [-0.4, -0.2) is 16.7 Å². The zero-order valence-electron chi connectivity index (χ0n) is 14.6. The molecule has 0 saturated heterocycles. The Morgan fingerprint density at radius 2 is 2.00 bits per heavy atom. The smallest absolute Gasteiger partial charge is 0.303 e. The molecule has 2 aromatic rings. The van der Waals surface area contributed by atoms with Crippen LogP contribution in [0.15, 0.2) is 30.3 Å². The number of rotatable bonds is 6. The van der Waals surface area contributed by atoms with E-state index in [2.05, 4.69) is 0 Å². The van der Waals surface area contributed by atoms with Gasteiger partial charge in [-0.3, -0.25) is 4.79 Å². The molecule has 0 unspecified atom stereocenters. The number of fused-ring (bicyclic) bond motifs is 1. The van der Waals surface area contributed by atoms with Crippen molar-refractivity contribution in [2.24, 2.45) is 0 Å². The van der Waals surface area contributed by atoms with Crippen molar-refractivity contribution < 1.29 is 28.2 Å². The van der Waals surface area contributed by atoms with Gasteiger partial charge in [-0.25, -0.2) is 8.78 Å². The van der Waals surface area contributed by atoms with Gasteiger partial charge in [-0.15, -0.1) is 0 Å². The molecule has 4 nitrogen and oxygen atoms in total. The van der Waals surface area contributed by atoms with Gasteiger partial charge in [-0.1, -0.05) is 6.07 Å². The van der Waals surface area contributed by atoms with Gasteiger partial charge >= 0.3 is 5.97 Å². The van der Waals surface area contributed by atoms with E-state index in [9.17, 15) is 13.6 Å². The summed E-state index contributed by atoms with van der Waals surface area (Å²) in [6.45, 7) is 3.91. The summed E-state index contributed by atoms with van der Waals surface area (Å²) in [7, 11) is 0. The molecule has 0 saturated carbocycles. The summed E-state index contributed by atoms with van der Waals surface area (Å²) in [6, 6.07) is 7.11. The summed E-state index contributed by atoms with van der Waals surface area (Å²) in [6.07, 6.45) is 0.585. The Kier molecular flexibility index (Phi) is 4.85. The van der Waals surface area contributed by atoms with E-state index in [1.807, 2.05) is 13.8 Å². The van der Waals surface area contributed by atoms with Crippen molar-refractivity contribution >= 4 is 5.97 Å². The number of aliphatic carboxylic acids is 1. The summed E-state index contributed by atoms with van der Waals surface area (Å²) in [5, 5.41) is 8.68. The van der Waals surface area contributed by atoms with Gasteiger partial charge < -0.3 is 14.6 Å². The predicted molar refractivity (Wildman–Crippen MR) is 91.5 cm³/mol. The third-order valence-electron chi connectivity index (χ3n) is 4.23. The first-order valence-electron chi connectivity index (χ1n) is 8.37. The van der Waals surface area contributed by atoms with Gasteiger partial charge in [0.1, 0.15) is 35.3 Å². The molecular formula is C20H20F2O4. The largest absolute Gasteiger partial charge is 0.489 e. The average molecular weight is 362 g/mol. The molecule has 0 radical (unpaired) electrons. The lowest BCUT2D eigenvalue weighted by atomic mass is 10.0. The molecule has 1 N–H and O–H groups in total. The Balaban J connectivity index is 1.72. The average Bonchev–Trinajstić information content (AvgIpc) is 2.85. The van der Waals surface area contributed by atoms with Crippen molar-refractivity contribution in [2.75, 3.05) is 0 Å². The molecule has 0 amide bonds. The van der Waals surface area contributed by atoms with Crippen LogP contribution in [0.4, 0.5) is 8.78 Å². The normalized spacial score (nSPS) is 14.6. The molecule has 6 heteroatoms. The molecular weight excluding hydrogens is 342 g/mol. The van der Waals surface area contributed by atoms with Gasteiger partial charge in [0.15, 0.2) is 0 Å². The second kappa shape index (κ2) is 6.94. The standard InChI is InChI=1S/C20H20F2O4/c1-20(2)10-13-7-15(21)8-14(19(13)26-20)11-25-16-5-3-12(17(22)9-16)4-6-18(23)24/h3,5,7-9H,4,6,10-11H2,1-2H3,(H,23,24). The van der Waals surface area contributed by atoms with Crippen LogP contribution in [0.5, 0.6) is 11.5 Å². The number of carboxylic acid groups (broad SMARTS) is 1. The number of aryl methyl sites for hydroxylation is 1. The highest BCUT2D eigenvalue weighted by atomic mass is 19.1. The van der Waals surface area contributed by atoms with Crippen molar-refractivity contribution in [2.45, 2.75) is 45.3 Å². The van der Waals surface area contributed by atoms with Gasteiger partial charge in [-0.2, -0.15) is 0 Å². The first kappa shape index (κ1) is 18.2. The first-order valence-corrected chi connectivity index (χ1v) is 8.37. The van der Waals surface area contributed by atoms with E-state index in [1.54, 1.807) is 6.07 Å². The fourth-order valence-electron chi connectivity index (χ4n) is 3.08. The van der Waals surface area contributed by atoms with Gasteiger partial charge in [0.05, 0.1) is 0 Å². The molecule has 2 aromatic carbocycles. The molecule has 0 atom stereocenters. The highest BCUT2D eigenvalue weighted by Gasteiger charge is 2.32. The van der Waals surface area contributed by atoms with Crippen LogP contribution in [0, 0.1) is 11.6 Å². The molecule has 1 aliphatic heterocycles. The summed E-state index contributed by atoms with van der Waals surface area (Å²) < 4.78 is 39.4. The summed E-state index contributed by atoms with van der Waals surface area (Å²) in [4.78, 5) is 10.6. The Morgan fingerprint density at radius 1 is 1.23 bits per heavy atom. The molecule has 0 aromatic heterocycles. The molecule has 138 valence electrons. The van der Waals surface area contributed by atoms with E-state index in [1.165, 1.54) is 24.3 Å². The van der Waals surface area contributed by atoms with E-state index in [4.69, 9.17) is 14.6 Å². The maximum Gasteiger partial charge on any atom is 0.303 e. The summed E-state index contributed by atoms with van der Waals surface area (Å²) in [5.41, 5.74) is 1.28. The zero-order chi connectivity index (χ0) is 18.9. The Hall–Kier alpha value is -2.63. The van der Waals surface area contributed by atoms with Crippen LogP contribution in [0.1, 0.15) is 37.0 Å². The fourth-order valence-corrected chi connectivity index (χ4v) is 3.08. The summed E-state index contributed by atoms with van der Waals surface area (Å²) >= 11 is 0. The topological polar surface area (TPSA) is 55.8 Å². The molecule has 3 rings (SSSR count). The highest BCUT2D eigenvalue weighted by Crippen LogP contribution is 2.38. The lowest BCUT2D eigenvalue weighted by Crippen LogP contribution is -2.25. The van der Waals surface area contributed by atoms with Gasteiger partial charge in [0.2, 0.25) is 0 Å². The first-order chi connectivity index (χ1) is 12.2. The molecule has 1 heterocycles. The number of benzene rings is 2. The van der Waals surface area contributed by atoms with Gasteiger partial charge in [0, 0.05) is 30.0 Å². The maximum absolute atomic E-state index is 14.1. The lowest BCUT2D eigenvalue weighted by Gasteiger charge is -2.18. The van der Waals surface area contributed by atoms with Crippen LogP contribution in [0.25, 0.3) is 0 Å². The van der Waals surface area contributed by atoms with Gasteiger partial charge in [-0.05, 0) is 44.0 Å². The molecule has 26 heavy (non-hydrogen) atoms. The second-order valence-electron chi connectivity index (χ2n) is 7.03. The van der Waals surface area contributed by atoms with Crippen molar-refractivity contribution in [3.05, 3.63) is 58.7 Å². The van der Waals surface area contributed by atoms with Crippen molar-refractivity contribution in [1.82, 2.24) is 0 Å². The molecule has 0 spiro atoms. The Bertz CT molecular complexity index is 846. The van der Waals surface area contributed by atoms with Crippen LogP contribution < -0.4 is 9.47 Å². The van der Waals surface area contributed by atoms with Crippen LogP contribution in [-0.2, 0) is 24.2 Å². The van der Waals surface area contributed by atoms with E-state index in [0.717, 1.165) is 5.56 Å².